The highest BCUT2D eigenvalue weighted by Crippen LogP contribution is 2.21. The Balaban J connectivity index is 1.94. The Bertz CT molecular complexity index is 445. The van der Waals surface area contributed by atoms with Crippen molar-refractivity contribution in [2.24, 2.45) is 5.92 Å². The molecule has 19 heavy (non-hydrogen) atoms. The lowest BCUT2D eigenvalue weighted by atomic mass is 10.0. The van der Waals surface area contributed by atoms with Crippen molar-refractivity contribution in [1.29, 1.82) is 0 Å². The molecule has 0 aliphatic carbocycles. The number of benzene rings is 1. The van der Waals surface area contributed by atoms with Gasteiger partial charge < -0.3 is 15.4 Å². The van der Waals surface area contributed by atoms with Crippen LogP contribution >= 0.6 is 0 Å². The molecule has 4 nitrogen and oxygen atoms in total. The fraction of sp³-hybridized carbons (Fsp3) is 0.500. The van der Waals surface area contributed by atoms with Gasteiger partial charge in [0.1, 0.15) is 5.82 Å². The van der Waals surface area contributed by atoms with E-state index in [1.54, 1.807) is 12.1 Å². The van der Waals surface area contributed by atoms with Gasteiger partial charge in [0.15, 0.2) is 0 Å². The lowest BCUT2D eigenvalue weighted by molar-refractivity contribution is -0.114. The van der Waals surface area contributed by atoms with Gasteiger partial charge in [0.05, 0.1) is 12.3 Å². The number of hydrogen-bond donors (Lipinski definition) is 2. The van der Waals surface area contributed by atoms with Crippen molar-refractivity contribution >= 4 is 17.3 Å². The van der Waals surface area contributed by atoms with Crippen LogP contribution in [0.15, 0.2) is 18.2 Å². The number of carbonyl (C=O) groups excluding carboxylic acids is 1. The molecule has 0 radical (unpaired) electrons. The summed E-state index contributed by atoms with van der Waals surface area (Å²) in [4.78, 5) is 11.0. The summed E-state index contributed by atoms with van der Waals surface area (Å²) in [6.45, 7) is 3.77. The van der Waals surface area contributed by atoms with Crippen LogP contribution in [0.25, 0.3) is 0 Å². The van der Waals surface area contributed by atoms with Crippen molar-refractivity contribution in [2.75, 3.05) is 30.4 Å². The minimum Gasteiger partial charge on any atom is -0.385 e. The molecule has 2 rings (SSSR count). The van der Waals surface area contributed by atoms with Crippen LogP contribution in [0.4, 0.5) is 15.8 Å². The molecule has 1 aliphatic rings. The molecule has 5 heteroatoms. The normalized spacial score (nSPS) is 18.9. The molecule has 2 N–H and O–H groups in total. The molecule has 0 aromatic heterocycles. The average Bonchev–Trinajstić information content (AvgIpc) is 2.40. The second kappa shape index (κ2) is 6.52. The predicted molar refractivity (Wildman–Crippen MR) is 72.7 cm³/mol. The first kappa shape index (κ1) is 13.8. The van der Waals surface area contributed by atoms with Crippen LogP contribution in [0, 0.1) is 11.7 Å². The minimum atomic E-state index is -0.429. The number of nitrogens with one attached hydrogen (secondary N) is 2. The fourth-order valence-corrected chi connectivity index (χ4v) is 2.15. The van der Waals surface area contributed by atoms with Crippen molar-refractivity contribution < 1.29 is 13.9 Å². The van der Waals surface area contributed by atoms with E-state index in [0.29, 0.717) is 5.92 Å². The van der Waals surface area contributed by atoms with Gasteiger partial charge in [-0.2, -0.15) is 0 Å². The van der Waals surface area contributed by atoms with Crippen molar-refractivity contribution in [3.63, 3.8) is 0 Å². The van der Waals surface area contributed by atoms with Crippen LogP contribution in [0.5, 0.6) is 0 Å². The Labute approximate surface area is 112 Å². The first-order chi connectivity index (χ1) is 9.15. The molecule has 0 spiro atoms. The smallest absolute Gasteiger partial charge is 0.221 e. The zero-order chi connectivity index (χ0) is 13.7. The highest BCUT2D eigenvalue weighted by Gasteiger charge is 2.13. The molecule has 1 aromatic rings. The molecule has 1 fully saturated rings. The minimum absolute atomic E-state index is 0.206. The summed E-state index contributed by atoms with van der Waals surface area (Å²) in [5, 5.41) is 5.73. The Kier molecular flexibility index (Phi) is 4.74. The quantitative estimate of drug-likeness (QED) is 0.880. The third-order valence-electron chi connectivity index (χ3n) is 3.13. The van der Waals surface area contributed by atoms with E-state index in [9.17, 15) is 9.18 Å². The van der Waals surface area contributed by atoms with Crippen LogP contribution in [0.1, 0.15) is 19.8 Å². The van der Waals surface area contributed by atoms with Gasteiger partial charge in [-0.15, -0.1) is 0 Å². The summed E-state index contributed by atoms with van der Waals surface area (Å²) in [5.74, 6) is -0.221. The van der Waals surface area contributed by atoms with E-state index in [-0.39, 0.29) is 11.6 Å². The maximum Gasteiger partial charge on any atom is 0.221 e. The van der Waals surface area contributed by atoms with Crippen molar-refractivity contribution in [1.82, 2.24) is 0 Å². The number of amides is 1. The first-order valence-electron chi connectivity index (χ1n) is 6.54. The lowest BCUT2D eigenvalue weighted by Crippen LogP contribution is -2.24. The number of hydrogen-bond acceptors (Lipinski definition) is 3. The maximum atomic E-state index is 13.5. The van der Waals surface area contributed by atoms with E-state index in [1.165, 1.54) is 13.0 Å². The largest absolute Gasteiger partial charge is 0.385 e. The molecular formula is C14H19FN2O2. The number of carbonyl (C=O) groups is 1. The molecule has 0 bridgehead atoms. The van der Waals surface area contributed by atoms with Crippen molar-refractivity contribution in [3.8, 4) is 0 Å². The molecular weight excluding hydrogens is 247 g/mol. The van der Waals surface area contributed by atoms with Gasteiger partial charge in [-0.3, -0.25) is 4.79 Å². The molecule has 1 aromatic carbocycles. The maximum absolute atomic E-state index is 13.5. The predicted octanol–water partition coefficient (Wildman–Crippen LogP) is 2.62. The molecule has 1 unspecified atom stereocenters. The van der Waals surface area contributed by atoms with E-state index >= 15 is 0 Å². The van der Waals surface area contributed by atoms with Gasteiger partial charge in [-0.05, 0) is 37.0 Å². The third kappa shape index (κ3) is 4.21. The second-order valence-electron chi connectivity index (χ2n) is 4.84. The Morgan fingerprint density at radius 3 is 3.05 bits per heavy atom. The van der Waals surface area contributed by atoms with E-state index in [1.807, 2.05) is 0 Å². The summed E-state index contributed by atoms with van der Waals surface area (Å²) >= 11 is 0. The van der Waals surface area contributed by atoms with Crippen molar-refractivity contribution in [2.45, 2.75) is 19.8 Å². The number of rotatable bonds is 4. The van der Waals surface area contributed by atoms with Gasteiger partial charge in [0.25, 0.3) is 0 Å². The lowest BCUT2D eigenvalue weighted by Gasteiger charge is -2.22. The van der Waals surface area contributed by atoms with Crippen LogP contribution in [0.2, 0.25) is 0 Å². The Morgan fingerprint density at radius 1 is 1.53 bits per heavy atom. The van der Waals surface area contributed by atoms with Crippen LogP contribution < -0.4 is 10.6 Å². The van der Waals surface area contributed by atoms with E-state index < -0.39 is 5.82 Å². The molecule has 1 saturated heterocycles. The SMILES string of the molecule is CC(=O)Nc1cc(NCC2CCCOC2)ccc1F. The third-order valence-corrected chi connectivity index (χ3v) is 3.13. The van der Waals surface area contributed by atoms with Gasteiger partial charge in [0.2, 0.25) is 5.91 Å². The molecule has 0 saturated carbocycles. The van der Waals surface area contributed by atoms with Crippen LogP contribution in [0.3, 0.4) is 0 Å². The van der Waals surface area contributed by atoms with Gasteiger partial charge in [0, 0.05) is 25.8 Å². The topological polar surface area (TPSA) is 50.4 Å². The Morgan fingerprint density at radius 2 is 2.37 bits per heavy atom. The summed E-state index contributed by atoms with van der Waals surface area (Å²) in [6.07, 6.45) is 2.24. The van der Waals surface area contributed by atoms with Crippen LogP contribution in [-0.4, -0.2) is 25.7 Å². The summed E-state index contributed by atoms with van der Waals surface area (Å²) in [5.41, 5.74) is 1.01. The summed E-state index contributed by atoms with van der Waals surface area (Å²) in [7, 11) is 0. The van der Waals surface area contributed by atoms with E-state index in [0.717, 1.165) is 38.3 Å². The summed E-state index contributed by atoms with van der Waals surface area (Å²) in [6, 6.07) is 4.63. The zero-order valence-electron chi connectivity index (χ0n) is 11.0. The molecule has 1 aliphatic heterocycles. The highest BCUT2D eigenvalue weighted by molar-refractivity contribution is 5.89. The molecule has 1 amide bonds. The van der Waals surface area contributed by atoms with E-state index in [4.69, 9.17) is 4.74 Å². The van der Waals surface area contributed by atoms with Gasteiger partial charge in [-0.25, -0.2) is 4.39 Å². The number of halogens is 1. The fourth-order valence-electron chi connectivity index (χ4n) is 2.15. The van der Waals surface area contributed by atoms with Crippen molar-refractivity contribution in [3.05, 3.63) is 24.0 Å². The number of ether oxygens (including phenoxy) is 1. The zero-order valence-corrected chi connectivity index (χ0v) is 11.0. The highest BCUT2D eigenvalue weighted by atomic mass is 19.1. The number of anilines is 2. The average molecular weight is 266 g/mol. The molecule has 1 heterocycles. The second-order valence-corrected chi connectivity index (χ2v) is 4.84. The van der Waals surface area contributed by atoms with Crippen LogP contribution in [-0.2, 0) is 9.53 Å². The standard InChI is InChI=1S/C14H19FN2O2/c1-10(18)17-14-7-12(4-5-13(14)15)16-8-11-3-2-6-19-9-11/h4-5,7,11,16H,2-3,6,8-9H2,1H3,(H,17,18). The summed E-state index contributed by atoms with van der Waals surface area (Å²) < 4.78 is 18.9. The first-order valence-corrected chi connectivity index (χ1v) is 6.54. The monoisotopic (exact) mass is 266 g/mol. The molecule has 104 valence electrons. The Hall–Kier alpha value is -1.62. The van der Waals surface area contributed by atoms with E-state index in [2.05, 4.69) is 10.6 Å². The van der Waals surface area contributed by atoms with Gasteiger partial charge in [-0.1, -0.05) is 0 Å². The van der Waals surface area contributed by atoms with Gasteiger partial charge >= 0.3 is 0 Å². The molecule has 1 atom stereocenters.